The number of rotatable bonds is 5. The molecule has 0 saturated carbocycles. The van der Waals surface area contributed by atoms with Crippen molar-refractivity contribution in [3.8, 4) is 10.6 Å². The second-order valence-corrected chi connectivity index (χ2v) is 5.85. The Hall–Kier alpha value is -1.72. The highest BCUT2D eigenvalue weighted by Gasteiger charge is 2.16. The Kier molecular flexibility index (Phi) is 4.87. The molecule has 4 nitrogen and oxygen atoms in total. The minimum Gasteiger partial charge on any atom is -0.351 e. The minimum atomic E-state index is -0.0671. The molecule has 0 aliphatic rings. The molecule has 1 aromatic carbocycles. The van der Waals surface area contributed by atoms with E-state index in [0.717, 1.165) is 16.3 Å². The van der Waals surface area contributed by atoms with Crippen LogP contribution in [0.4, 0.5) is 0 Å². The molecule has 5 heteroatoms. The molecule has 0 radical (unpaired) electrons. The van der Waals surface area contributed by atoms with Gasteiger partial charge in [0.15, 0.2) is 0 Å². The third-order valence-electron chi connectivity index (χ3n) is 3.04. The molecule has 0 saturated heterocycles. The third kappa shape index (κ3) is 3.43. The fourth-order valence-corrected chi connectivity index (χ4v) is 2.73. The summed E-state index contributed by atoms with van der Waals surface area (Å²) < 4.78 is 0. The van der Waals surface area contributed by atoms with E-state index in [-0.39, 0.29) is 11.8 Å². The van der Waals surface area contributed by atoms with E-state index in [2.05, 4.69) is 10.3 Å². The number of aryl methyl sites for hydroxylation is 1. The molecule has 2 aromatic rings. The zero-order valence-corrected chi connectivity index (χ0v) is 12.5. The third-order valence-corrected chi connectivity index (χ3v) is 4.24. The van der Waals surface area contributed by atoms with E-state index in [1.54, 1.807) is 0 Å². The molecule has 0 aliphatic heterocycles. The first-order valence-electron chi connectivity index (χ1n) is 6.63. The molecule has 20 heavy (non-hydrogen) atoms. The lowest BCUT2D eigenvalue weighted by Gasteiger charge is -2.09. The maximum Gasteiger partial charge on any atom is 0.263 e. The van der Waals surface area contributed by atoms with Crippen LogP contribution in [0.3, 0.4) is 0 Å². The summed E-state index contributed by atoms with van der Waals surface area (Å²) >= 11 is 1.43. The molecular weight excluding hydrogens is 270 g/mol. The van der Waals surface area contributed by atoms with Crippen LogP contribution in [0, 0.1) is 12.8 Å². The molecule has 2 rings (SSSR count). The van der Waals surface area contributed by atoms with E-state index in [0.29, 0.717) is 18.0 Å². The zero-order valence-electron chi connectivity index (χ0n) is 11.7. The lowest BCUT2D eigenvalue weighted by molar-refractivity contribution is 0.0952. The van der Waals surface area contributed by atoms with Gasteiger partial charge in [-0.3, -0.25) is 4.79 Å². The van der Waals surface area contributed by atoms with Gasteiger partial charge in [-0.25, -0.2) is 4.98 Å². The van der Waals surface area contributed by atoms with E-state index in [4.69, 9.17) is 5.73 Å². The lowest BCUT2D eigenvalue weighted by atomic mass is 10.2. The van der Waals surface area contributed by atoms with Crippen molar-refractivity contribution in [3.63, 3.8) is 0 Å². The van der Waals surface area contributed by atoms with Crippen molar-refractivity contribution < 1.29 is 4.79 Å². The van der Waals surface area contributed by atoms with Crippen molar-refractivity contribution in [2.24, 2.45) is 11.7 Å². The molecule has 1 unspecified atom stereocenters. The van der Waals surface area contributed by atoms with Crippen molar-refractivity contribution in [1.82, 2.24) is 10.3 Å². The number of carbonyl (C=O) groups excluding carboxylic acids is 1. The van der Waals surface area contributed by atoms with Crippen LogP contribution in [-0.2, 0) is 0 Å². The molecule has 0 aliphatic carbocycles. The second-order valence-electron chi connectivity index (χ2n) is 4.85. The number of thiazole rings is 1. The molecule has 1 amide bonds. The van der Waals surface area contributed by atoms with Crippen LogP contribution in [-0.4, -0.2) is 24.0 Å². The number of nitrogens with one attached hydrogen (secondary N) is 1. The number of hydrogen-bond donors (Lipinski definition) is 2. The number of carbonyl (C=O) groups is 1. The Morgan fingerprint density at radius 1 is 1.40 bits per heavy atom. The largest absolute Gasteiger partial charge is 0.351 e. The van der Waals surface area contributed by atoms with Gasteiger partial charge in [-0.2, -0.15) is 0 Å². The van der Waals surface area contributed by atoms with Crippen molar-refractivity contribution in [2.75, 3.05) is 13.1 Å². The van der Waals surface area contributed by atoms with Crippen LogP contribution in [0.2, 0.25) is 0 Å². The Morgan fingerprint density at radius 2 is 2.10 bits per heavy atom. The number of hydrogen-bond acceptors (Lipinski definition) is 4. The Labute approximate surface area is 123 Å². The lowest BCUT2D eigenvalue weighted by Crippen LogP contribution is -2.31. The summed E-state index contributed by atoms with van der Waals surface area (Å²) in [5, 5.41) is 3.78. The smallest absolute Gasteiger partial charge is 0.263 e. The molecule has 0 bridgehead atoms. The van der Waals surface area contributed by atoms with Gasteiger partial charge in [0, 0.05) is 12.1 Å². The van der Waals surface area contributed by atoms with Gasteiger partial charge in [-0.15, -0.1) is 11.3 Å². The maximum absolute atomic E-state index is 12.1. The number of aromatic nitrogens is 1. The summed E-state index contributed by atoms with van der Waals surface area (Å²) in [6, 6.07) is 9.89. The molecule has 0 spiro atoms. The molecule has 1 heterocycles. The second kappa shape index (κ2) is 6.63. The summed E-state index contributed by atoms with van der Waals surface area (Å²) in [5.41, 5.74) is 7.35. The predicted octanol–water partition coefficient (Wildman–Crippen LogP) is 2.44. The molecule has 106 valence electrons. The summed E-state index contributed by atoms with van der Waals surface area (Å²) in [6.07, 6.45) is 0. The van der Waals surface area contributed by atoms with Gasteiger partial charge < -0.3 is 11.1 Å². The number of amides is 1. The minimum absolute atomic E-state index is 0.0671. The van der Waals surface area contributed by atoms with E-state index >= 15 is 0 Å². The quantitative estimate of drug-likeness (QED) is 0.888. The van der Waals surface area contributed by atoms with E-state index in [9.17, 15) is 4.79 Å². The van der Waals surface area contributed by atoms with Crippen LogP contribution < -0.4 is 11.1 Å². The van der Waals surface area contributed by atoms with Gasteiger partial charge in [0.2, 0.25) is 0 Å². The summed E-state index contributed by atoms with van der Waals surface area (Å²) in [5.74, 6) is 0.211. The van der Waals surface area contributed by atoms with Crippen molar-refractivity contribution in [3.05, 3.63) is 40.9 Å². The molecular formula is C15H19N3OS. The maximum atomic E-state index is 12.1. The van der Waals surface area contributed by atoms with Crippen LogP contribution in [0.1, 0.15) is 22.3 Å². The van der Waals surface area contributed by atoms with Crippen molar-refractivity contribution in [1.29, 1.82) is 0 Å². The number of benzene rings is 1. The highest BCUT2D eigenvalue weighted by Crippen LogP contribution is 2.27. The molecule has 1 atom stereocenters. The van der Waals surface area contributed by atoms with Crippen LogP contribution in [0.15, 0.2) is 30.3 Å². The van der Waals surface area contributed by atoms with Crippen molar-refractivity contribution in [2.45, 2.75) is 13.8 Å². The fourth-order valence-electron chi connectivity index (χ4n) is 1.74. The Balaban J connectivity index is 2.13. The van der Waals surface area contributed by atoms with Gasteiger partial charge in [0.25, 0.3) is 5.91 Å². The van der Waals surface area contributed by atoms with Gasteiger partial charge in [0.1, 0.15) is 9.88 Å². The highest BCUT2D eigenvalue weighted by atomic mass is 32.1. The number of nitrogens with zero attached hydrogens (tertiary/aromatic N) is 1. The number of nitrogens with two attached hydrogens (primary N) is 1. The standard InChI is InChI=1S/C15H19N3OS/c1-10(8-16)9-17-14(19)13-11(2)18-15(20-13)12-6-4-3-5-7-12/h3-7,10H,8-9,16H2,1-2H3,(H,17,19). The van der Waals surface area contributed by atoms with Crippen LogP contribution in [0.25, 0.3) is 10.6 Å². The first-order valence-corrected chi connectivity index (χ1v) is 7.44. The van der Waals surface area contributed by atoms with Crippen LogP contribution in [0.5, 0.6) is 0 Å². The Morgan fingerprint density at radius 3 is 2.75 bits per heavy atom. The fraction of sp³-hybridized carbons (Fsp3) is 0.333. The average Bonchev–Trinajstić information content (AvgIpc) is 2.87. The summed E-state index contributed by atoms with van der Waals surface area (Å²) in [7, 11) is 0. The normalized spacial score (nSPS) is 12.2. The van der Waals surface area contributed by atoms with E-state index in [1.165, 1.54) is 11.3 Å². The topological polar surface area (TPSA) is 68.0 Å². The van der Waals surface area contributed by atoms with Gasteiger partial charge in [0.05, 0.1) is 5.69 Å². The van der Waals surface area contributed by atoms with E-state index < -0.39 is 0 Å². The van der Waals surface area contributed by atoms with Crippen molar-refractivity contribution >= 4 is 17.2 Å². The molecule has 1 aromatic heterocycles. The van der Waals surface area contributed by atoms with Crippen LogP contribution >= 0.6 is 11.3 Å². The zero-order chi connectivity index (χ0) is 14.5. The summed E-state index contributed by atoms with van der Waals surface area (Å²) in [4.78, 5) is 17.3. The van der Waals surface area contributed by atoms with Gasteiger partial charge in [-0.1, -0.05) is 37.3 Å². The first-order chi connectivity index (χ1) is 9.61. The molecule has 3 N–H and O–H groups in total. The average molecular weight is 289 g/mol. The van der Waals surface area contributed by atoms with Gasteiger partial charge >= 0.3 is 0 Å². The monoisotopic (exact) mass is 289 g/mol. The van der Waals surface area contributed by atoms with E-state index in [1.807, 2.05) is 44.2 Å². The summed E-state index contributed by atoms with van der Waals surface area (Å²) in [6.45, 7) is 5.03. The highest BCUT2D eigenvalue weighted by molar-refractivity contribution is 7.17. The predicted molar refractivity (Wildman–Crippen MR) is 82.8 cm³/mol. The SMILES string of the molecule is Cc1nc(-c2ccccc2)sc1C(=O)NCC(C)CN. The molecule has 0 fully saturated rings. The first kappa shape index (κ1) is 14.7. The Bertz CT molecular complexity index is 580. The van der Waals surface area contributed by atoms with Gasteiger partial charge in [-0.05, 0) is 19.4 Å².